The largest absolute Gasteiger partial charge is 0.382 e. The van der Waals surface area contributed by atoms with Gasteiger partial charge in [-0.1, -0.05) is 13.3 Å². The summed E-state index contributed by atoms with van der Waals surface area (Å²) in [6.07, 6.45) is 5.07. The molecule has 0 aliphatic heterocycles. The molecule has 0 bridgehead atoms. The topological polar surface area (TPSA) is 56.7 Å². The summed E-state index contributed by atoms with van der Waals surface area (Å²) in [7, 11) is 0. The van der Waals surface area contributed by atoms with Crippen LogP contribution in [0.15, 0.2) is 0 Å². The lowest BCUT2D eigenvalue weighted by Gasteiger charge is -2.10. The first-order chi connectivity index (χ1) is 10.6. The Morgan fingerprint density at radius 2 is 1.77 bits per heavy atom. The Labute approximate surface area is 137 Å². The number of aromatic nitrogens is 3. The molecule has 0 aliphatic carbocycles. The highest BCUT2D eigenvalue weighted by Crippen LogP contribution is 2.26. The molecular formula is C17H28N4S. The Morgan fingerprint density at radius 1 is 1.05 bits per heavy atom. The van der Waals surface area contributed by atoms with E-state index in [1.807, 2.05) is 6.92 Å². The van der Waals surface area contributed by atoms with E-state index in [2.05, 4.69) is 47.1 Å². The van der Waals surface area contributed by atoms with Crippen molar-refractivity contribution in [1.82, 2.24) is 14.5 Å². The molecule has 0 unspecified atom stereocenters. The van der Waals surface area contributed by atoms with Crippen molar-refractivity contribution in [3.05, 3.63) is 17.1 Å². The summed E-state index contributed by atoms with van der Waals surface area (Å²) in [6, 6.07) is 0. The number of hydrogen-bond acceptors (Lipinski definition) is 4. The van der Waals surface area contributed by atoms with Crippen LogP contribution in [0.1, 0.15) is 49.7 Å². The molecule has 0 radical (unpaired) electrons. The molecule has 2 rings (SSSR count). The van der Waals surface area contributed by atoms with E-state index in [0.717, 1.165) is 23.6 Å². The van der Waals surface area contributed by atoms with E-state index in [4.69, 9.17) is 5.73 Å². The average molecular weight is 321 g/mol. The Morgan fingerprint density at radius 3 is 2.50 bits per heavy atom. The smallest absolute Gasteiger partial charge is 0.151 e. The minimum Gasteiger partial charge on any atom is -0.382 e. The Hall–Kier alpha value is -1.23. The fourth-order valence-corrected chi connectivity index (χ4v) is 3.81. The first-order valence-corrected chi connectivity index (χ1v) is 9.39. The second kappa shape index (κ2) is 7.86. The molecule has 2 aromatic heterocycles. The number of fused-ring (bicyclic) bond motifs is 1. The average Bonchev–Trinajstić information content (AvgIpc) is 2.82. The number of anilines is 1. The summed E-state index contributed by atoms with van der Waals surface area (Å²) in [5.41, 5.74) is 10.3. The van der Waals surface area contributed by atoms with Gasteiger partial charge in [0.1, 0.15) is 11.3 Å². The van der Waals surface area contributed by atoms with Gasteiger partial charge in [0, 0.05) is 12.2 Å². The zero-order valence-electron chi connectivity index (χ0n) is 14.3. The van der Waals surface area contributed by atoms with Crippen molar-refractivity contribution in [1.29, 1.82) is 0 Å². The van der Waals surface area contributed by atoms with E-state index in [-0.39, 0.29) is 0 Å². The van der Waals surface area contributed by atoms with E-state index in [0.29, 0.717) is 5.82 Å². The number of aryl methyl sites for hydroxylation is 4. The minimum absolute atomic E-state index is 0.551. The number of thioether (sulfide) groups is 1. The van der Waals surface area contributed by atoms with Crippen LogP contribution in [0, 0.1) is 20.8 Å². The number of rotatable bonds is 8. The van der Waals surface area contributed by atoms with Crippen LogP contribution in [0.4, 0.5) is 5.82 Å². The third-order valence-corrected chi connectivity index (χ3v) is 5.30. The van der Waals surface area contributed by atoms with Crippen molar-refractivity contribution in [3.8, 4) is 0 Å². The number of unbranched alkanes of at least 4 members (excludes halogenated alkanes) is 2. The van der Waals surface area contributed by atoms with Gasteiger partial charge in [0.05, 0.1) is 5.52 Å². The number of nitrogen functional groups attached to an aromatic ring is 1. The van der Waals surface area contributed by atoms with E-state index < -0.39 is 0 Å². The van der Waals surface area contributed by atoms with Crippen molar-refractivity contribution in [2.24, 2.45) is 0 Å². The first-order valence-electron chi connectivity index (χ1n) is 8.23. The van der Waals surface area contributed by atoms with E-state index in [1.165, 1.54) is 48.3 Å². The summed E-state index contributed by atoms with van der Waals surface area (Å²) >= 11 is 2.08. The summed E-state index contributed by atoms with van der Waals surface area (Å²) in [4.78, 5) is 9.02. The Kier molecular flexibility index (Phi) is 6.12. The number of imidazole rings is 1. The maximum atomic E-state index is 6.04. The molecule has 122 valence electrons. The predicted octanol–water partition coefficient (Wildman–Crippen LogP) is 4.25. The van der Waals surface area contributed by atoms with Gasteiger partial charge in [-0.15, -0.1) is 0 Å². The highest BCUT2D eigenvalue weighted by molar-refractivity contribution is 7.99. The standard InChI is InChI=1S/C17H28N4S/c1-5-6-10-22-11-8-7-9-21-14(4)20-15-16(21)12(2)13(3)19-17(15)18/h5-11H2,1-4H3,(H2,18,19). The second-order valence-electron chi connectivity index (χ2n) is 5.89. The molecule has 22 heavy (non-hydrogen) atoms. The van der Waals surface area contributed by atoms with Gasteiger partial charge in [-0.05, 0) is 57.1 Å². The summed E-state index contributed by atoms with van der Waals surface area (Å²) in [5, 5.41) is 0. The van der Waals surface area contributed by atoms with Crippen LogP contribution in [0.2, 0.25) is 0 Å². The lowest BCUT2D eigenvalue weighted by atomic mass is 10.2. The molecule has 5 heteroatoms. The van der Waals surface area contributed by atoms with Crippen molar-refractivity contribution < 1.29 is 0 Å². The third-order valence-electron chi connectivity index (χ3n) is 4.15. The van der Waals surface area contributed by atoms with Crippen LogP contribution < -0.4 is 5.73 Å². The summed E-state index contributed by atoms with van der Waals surface area (Å²) in [6.45, 7) is 9.45. The molecule has 0 amide bonds. The molecule has 0 fully saturated rings. The molecule has 2 N–H and O–H groups in total. The molecule has 0 atom stereocenters. The van der Waals surface area contributed by atoms with Gasteiger partial charge >= 0.3 is 0 Å². The van der Waals surface area contributed by atoms with E-state index in [9.17, 15) is 0 Å². The van der Waals surface area contributed by atoms with Crippen LogP contribution >= 0.6 is 11.8 Å². The lowest BCUT2D eigenvalue weighted by Crippen LogP contribution is -2.04. The van der Waals surface area contributed by atoms with Crippen LogP contribution in [-0.4, -0.2) is 26.0 Å². The molecule has 0 spiro atoms. The third kappa shape index (κ3) is 3.75. The van der Waals surface area contributed by atoms with Crippen LogP contribution in [-0.2, 0) is 6.54 Å². The number of nitrogens with zero attached hydrogens (tertiary/aromatic N) is 3. The molecule has 2 aromatic rings. The lowest BCUT2D eigenvalue weighted by molar-refractivity contribution is 0.632. The molecule has 4 nitrogen and oxygen atoms in total. The SMILES string of the molecule is CCCCSCCCCn1c(C)nc2c(N)nc(C)c(C)c21. The van der Waals surface area contributed by atoms with Crippen LogP contribution in [0.5, 0.6) is 0 Å². The second-order valence-corrected chi connectivity index (χ2v) is 7.11. The normalized spacial score (nSPS) is 11.5. The first kappa shape index (κ1) is 17.1. The van der Waals surface area contributed by atoms with Crippen molar-refractivity contribution >= 4 is 28.6 Å². The van der Waals surface area contributed by atoms with Crippen LogP contribution in [0.3, 0.4) is 0 Å². The number of nitrogens with two attached hydrogens (primary N) is 1. The van der Waals surface area contributed by atoms with Gasteiger partial charge < -0.3 is 10.3 Å². The van der Waals surface area contributed by atoms with E-state index in [1.54, 1.807) is 0 Å². The Bertz CT molecular complexity index is 633. The van der Waals surface area contributed by atoms with Gasteiger partial charge in [0.2, 0.25) is 0 Å². The molecule has 0 saturated carbocycles. The summed E-state index contributed by atoms with van der Waals surface area (Å²) < 4.78 is 2.31. The number of hydrogen-bond donors (Lipinski definition) is 1. The summed E-state index contributed by atoms with van der Waals surface area (Å²) in [5.74, 6) is 4.14. The molecule has 2 heterocycles. The fourth-order valence-electron chi connectivity index (χ4n) is 2.71. The zero-order chi connectivity index (χ0) is 16.1. The fraction of sp³-hybridized carbons (Fsp3) is 0.647. The molecular weight excluding hydrogens is 292 g/mol. The molecule has 0 aliphatic rings. The van der Waals surface area contributed by atoms with Crippen molar-refractivity contribution in [2.45, 2.75) is 59.9 Å². The molecule has 0 aromatic carbocycles. The quantitative estimate of drug-likeness (QED) is 0.739. The maximum Gasteiger partial charge on any atom is 0.151 e. The van der Waals surface area contributed by atoms with Gasteiger partial charge in [-0.3, -0.25) is 0 Å². The monoisotopic (exact) mass is 320 g/mol. The Balaban J connectivity index is 2.04. The molecule has 0 saturated heterocycles. The predicted molar refractivity (Wildman–Crippen MR) is 97.6 cm³/mol. The maximum absolute atomic E-state index is 6.04. The van der Waals surface area contributed by atoms with Gasteiger partial charge in [0.15, 0.2) is 5.82 Å². The van der Waals surface area contributed by atoms with E-state index >= 15 is 0 Å². The van der Waals surface area contributed by atoms with Gasteiger partial charge in [-0.25, -0.2) is 9.97 Å². The van der Waals surface area contributed by atoms with Crippen molar-refractivity contribution in [2.75, 3.05) is 17.2 Å². The highest BCUT2D eigenvalue weighted by atomic mass is 32.2. The van der Waals surface area contributed by atoms with Crippen molar-refractivity contribution in [3.63, 3.8) is 0 Å². The minimum atomic E-state index is 0.551. The zero-order valence-corrected chi connectivity index (χ0v) is 15.1. The van der Waals surface area contributed by atoms with Gasteiger partial charge in [0.25, 0.3) is 0 Å². The number of pyridine rings is 1. The highest BCUT2D eigenvalue weighted by Gasteiger charge is 2.15. The van der Waals surface area contributed by atoms with Gasteiger partial charge in [-0.2, -0.15) is 11.8 Å². The van der Waals surface area contributed by atoms with Crippen LogP contribution in [0.25, 0.3) is 11.0 Å².